The van der Waals surface area contributed by atoms with Crippen LogP contribution in [-0.2, 0) is 12.8 Å². The molecule has 3 aromatic rings. The molecule has 0 amide bonds. The first-order valence-corrected chi connectivity index (χ1v) is 6.92. The van der Waals surface area contributed by atoms with Crippen LogP contribution in [0.2, 0.25) is 0 Å². The van der Waals surface area contributed by atoms with Gasteiger partial charge in [0.1, 0.15) is 17.0 Å². The van der Waals surface area contributed by atoms with Crippen molar-refractivity contribution in [2.45, 2.75) is 26.2 Å². The molecule has 4 nitrogen and oxygen atoms in total. The Labute approximate surface area is 108 Å². The molecule has 5 heteroatoms. The summed E-state index contributed by atoms with van der Waals surface area (Å²) in [7, 11) is 0. The Bertz CT molecular complexity index is 727. The highest BCUT2D eigenvalue weighted by Crippen LogP contribution is 2.38. The van der Waals surface area contributed by atoms with Crippen molar-refractivity contribution in [3.05, 3.63) is 35.0 Å². The normalized spacial score (nSPS) is 14.3. The summed E-state index contributed by atoms with van der Waals surface area (Å²) in [5, 5.41) is 1.23. The molecule has 0 saturated heterocycles. The molecule has 1 aliphatic rings. The third kappa shape index (κ3) is 1.34. The number of hydrogen-bond acceptors (Lipinski definition) is 4. The molecule has 0 unspecified atom stereocenters. The minimum Gasteiger partial charge on any atom is -0.290 e. The van der Waals surface area contributed by atoms with E-state index in [4.69, 9.17) is 0 Å². The minimum atomic E-state index is 0.825. The number of nitrogens with zero attached hydrogens (tertiary/aromatic N) is 4. The van der Waals surface area contributed by atoms with Gasteiger partial charge in [-0.05, 0) is 31.7 Å². The summed E-state index contributed by atoms with van der Waals surface area (Å²) in [6, 6.07) is 0. The third-order valence-electron chi connectivity index (χ3n) is 3.41. The van der Waals surface area contributed by atoms with Crippen LogP contribution in [0.4, 0.5) is 0 Å². The Balaban J connectivity index is 2.12. The predicted octanol–water partition coefficient (Wildman–Crippen LogP) is 2.67. The summed E-state index contributed by atoms with van der Waals surface area (Å²) in [5.74, 6) is 1.81. The van der Waals surface area contributed by atoms with Gasteiger partial charge in [0, 0.05) is 17.3 Å². The zero-order chi connectivity index (χ0) is 12.1. The van der Waals surface area contributed by atoms with Gasteiger partial charge in [0.2, 0.25) is 0 Å². The fourth-order valence-corrected chi connectivity index (χ4v) is 3.95. The van der Waals surface area contributed by atoms with Crippen LogP contribution >= 0.6 is 11.3 Å². The lowest BCUT2D eigenvalue weighted by Gasteiger charge is -2.05. The molecule has 90 valence electrons. The first-order valence-electron chi connectivity index (χ1n) is 6.10. The van der Waals surface area contributed by atoms with E-state index >= 15 is 0 Å². The van der Waals surface area contributed by atoms with Crippen molar-refractivity contribution < 1.29 is 0 Å². The smallest absolute Gasteiger partial charge is 0.150 e. The zero-order valence-electron chi connectivity index (χ0n) is 10.1. The molecule has 18 heavy (non-hydrogen) atoms. The van der Waals surface area contributed by atoms with Gasteiger partial charge in [0.15, 0.2) is 5.82 Å². The van der Waals surface area contributed by atoms with E-state index in [-0.39, 0.29) is 0 Å². The molecule has 3 aromatic heterocycles. The van der Waals surface area contributed by atoms with Crippen LogP contribution in [0.5, 0.6) is 0 Å². The lowest BCUT2D eigenvalue weighted by Crippen LogP contribution is -2.00. The Morgan fingerprint density at radius 1 is 1.28 bits per heavy atom. The summed E-state index contributed by atoms with van der Waals surface area (Å²) < 4.78 is 1.99. The van der Waals surface area contributed by atoms with E-state index in [0.717, 1.165) is 22.9 Å². The van der Waals surface area contributed by atoms with Crippen LogP contribution in [-0.4, -0.2) is 19.5 Å². The summed E-state index contributed by atoms with van der Waals surface area (Å²) in [4.78, 5) is 15.9. The van der Waals surface area contributed by atoms with Gasteiger partial charge in [-0.15, -0.1) is 11.3 Å². The van der Waals surface area contributed by atoms with Crippen molar-refractivity contribution in [1.82, 2.24) is 19.5 Å². The van der Waals surface area contributed by atoms with Gasteiger partial charge in [-0.2, -0.15) is 0 Å². The molecular formula is C13H12N4S. The molecule has 0 fully saturated rings. The molecule has 4 rings (SSSR count). The van der Waals surface area contributed by atoms with Gasteiger partial charge in [-0.3, -0.25) is 4.57 Å². The van der Waals surface area contributed by atoms with Gasteiger partial charge < -0.3 is 0 Å². The highest BCUT2D eigenvalue weighted by atomic mass is 32.1. The standard InChI is InChI=1S/C13H12N4S/c1-8-15-12(17-6-5-14-7-17)11-9-3-2-4-10(9)18-13(11)16-8/h5-7H,2-4H2,1H3. The third-order valence-corrected chi connectivity index (χ3v) is 4.59. The summed E-state index contributed by atoms with van der Waals surface area (Å²) in [5.41, 5.74) is 1.46. The molecule has 0 atom stereocenters. The van der Waals surface area contributed by atoms with Crippen LogP contribution in [0.3, 0.4) is 0 Å². The zero-order valence-corrected chi connectivity index (χ0v) is 10.9. The molecule has 1 aliphatic carbocycles. The number of rotatable bonds is 1. The van der Waals surface area contributed by atoms with Gasteiger partial charge in [0.25, 0.3) is 0 Å². The molecule has 0 N–H and O–H groups in total. The van der Waals surface area contributed by atoms with E-state index in [1.807, 2.05) is 29.0 Å². The second-order valence-corrected chi connectivity index (χ2v) is 5.69. The van der Waals surface area contributed by atoms with Gasteiger partial charge in [0.05, 0.1) is 5.39 Å². The average Bonchev–Trinajstić information content (AvgIpc) is 3.03. The van der Waals surface area contributed by atoms with Crippen LogP contribution in [0.15, 0.2) is 18.7 Å². The lowest BCUT2D eigenvalue weighted by atomic mass is 10.2. The lowest BCUT2D eigenvalue weighted by molar-refractivity contribution is 0.913. The molecule has 0 aliphatic heterocycles. The van der Waals surface area contributed by atoms with Gasteiger partial charge in [-0.1, -0.05) is 0 Å². The first-order chi connectivity index (χ1) is 8.83. The topological polar surface area (TPSA) is 43.6 Å². The van der Waals surface area contributed by atoms with E-state index in [1.165, 1.54) is 28.7 Å². The second kappa shape index (κ2) is 3.62. The van der Waals surface area contributed by atoms with Gasteiger partial charge >= 0.3 is 0 Å². The number of thiophene rings is 1. The SMILES string of the molecule is Cc1nc(-n2ccnc2)c2c3c(sc2n1)CCC3. The average molecular weight is 256 g/mol. The maximum Gasteiger partial charge on any atom is 0.150 e. The second-order valence-electron chi connectivity index (χ2n) is 4.60. The molecular weight excluding hydrogens is 244 g/mol. The Kier molecular flexibility index (Phi) is 2.05. The molecule has 0 spiro atoms. The maximum absolute atomic E-state index is 4.61. The fourth-order valence-electron chi connectivity index (χ4n) is 2.65. The van der Waals surface area contributed by atoms with Crippen molar-refractivity contribution in [3.8, 4) is 5.82 Å². The van der Waals surface area contributed by atoms with Crippen molar-refractivity contribution >= 4 is 21.6 Å². The summed E-state index contributed by atoms with van der Waals surface area (Å²) in [6.45, 7) is 1.95. The van der Waals surface area contributed by atoms with Crippen molar-refractivity contribution in [2.75, 3.05) is 0 Å². The Hall–Kier alpha value is -1.75. The minimum absolute atomic E-state index is 0.825. The van der Waals surface area contributed by atoms with Crippen LogP contribution in [0, 0.1) is 6.92 Å². The van der Waals surface area contributed by atoms with E-state index in [1.54, 1.807) is 12.5 Å². The molecule has 0 bridgehead atoms. The molecule has 0 saturated carbocycles. The van der Waals surface area contributed by atoms with Crippen molar-refractivity contribution in [3.63, 3.8) is 0 Å². The molecule has 0 radical (unpaired) electrons. The first kappa shape index (κ1) is 10.2. The predicted molar refractivity (Wildman–Crippen MR) is 71.3 cm³/mol. The Morgan fingerprint density at radius 3 is 3.06 bits per heavy atom. The van der Waals surface area contributed by atoms with E-state index < -0.39 is 0 Å². The number of aryl methyl sites for hydroxylation is 3. The number of fused-ring (bicyclic) bond motifs is 3. The number of hydrogen-bond donors (Lipinski definition) is 0. The summed E-state index contributed by atoms with van der Waals surface area (Å²) in [6.07, 6.45) is 9.15. The van der Waals surface area contributed by atoms with Crippen LogP contribution in [0.25, 0.3) is 16.0 Å². The van der Waals surface area contributed by atoms with Gasteiger partial charge in [-0.25, -0.2) is 15.0 Å². The van der Waals surface area contributed by atoms with Crippen molar-refractivity contribution in [1.29, 1.82) is 0 Å². The van der Waals surface area contributed by atoms with E-state index in [0.29, 0.717) is 0 Å². The number of imidazole rings is 1. The fraction of sp³-hybridized carbons (Fsp3) is 0.308. The van der Waals surface area contributed by atoms with Crippen LogP contribution < -0.4 is 0 Å². The Morgan fingerprint density at radius 2 is 2.22 bits per heavy atom. The van der Waals surface area contributed by atoms with Crippen molar-refractivity contribution in [2.24, 2.45) is 0 Å². The van der Waals surface area contributed by atoms with E-state index in [2.05, 4.69) is 15.0 Å². The molecule has 3 heterocycles. The highest BCUT2D eigenvalue weighted by molar-refractivity contribution is 7.19. The quantitative estimate of drug-likeness (QED) is 0.672. The van der Waals surface area contributed by atoms with E-state index in [9.17, 15) is 0 Å². The largest absolute Gasteiger partial charge is 0.290 e. The summed E-state index contributed by atoms with van der Waals surface area (Å²) >= 11 is 1.83. The van der Waals surface area contributed by atoms with Crippen LogP contribution in [0.1, 0.15) is 22.7 Å². The monoisotopic (exact) mass is 256 g/mol. The molecule has 0 aromatic carbocycles. The highest BCUT2D eigenvalue weighted by Gasteiger charge is 2.22. The number of aromatic nitrogens is 4. The maximum atomic E-state index is 4.61.